The zero-order valence-corrected chi connectivity index (χ0v) is 14.4. The van der Waals surface area contributed by atoms with Crippen molar-refractivity contribution in [1.82, 2.24) is 14.7 Å². The molecule has 6 nitrogen and oxygen atoms in total. The molecule has 0 saturated carbocycles. The Morgan fingerprint density at radius 2 is 1.84 bits per heavy atom. The molecule has 0 bridgehead atoms. The van der Waals surface area contributed by atoms with Crippen LogP contribution in [0, 0.1) is 5.41 Å². The van der Waals surface area contributed by atoms with Crippen molar-refractivity contribution in [3.63, 3.8) is 0 Å². The van der Waals surface area contributed by atoms with Crippen molar-refractivity contribution in [3.8, 4) is 5.69 Å². The van der Waals surface area contributed by atoms with Crippen LogP contribution < -0.4 is 5.56 Å². The average Bonchev–Trinajstić information content (AvgIpc) is 2.68. The first-order chi connectivity index (χ1) is 12.1. The number of nitrogens with zero attached hydrogens (tertiary/aromatic N) is 3. The Hall–Kier alpha value is -2.47. The van der Waals surface area contributed by atoms with Crippen LogP contribution in [0.4, 0.5) is 0 Å². The predicted molar refractivity (Wildman–Crippen MR) is 94.8 cm³/mol. The van der Waals surface area contributed by atoms with Gasteiger partial charge in [0.15, 0.2) is 0 Å². The van der Waals surface area contributed by atoms with Crippen LogP contribution in [0.25, 0.3) is 5.69 Å². The van der Waals surface area contributed by atoms with Crippen molar-refractivity contribution >= 4 is 5.91 Å². The zero-order valence-electron chi connectivity index (χ0n) is 14.4. The van der Waals surface area contributed by atoms with Crippen LogP contribution in [0.2, 0.25) is 0 Å². The van der Waals surface area contributed by atoms with E-state index in [1.807, 2.05) is 18.2 Å². The van der Waals surface area contributed by atoms with Crippen LogP contribution in [-0.2, 0) is 0 Å². The lowest BCUT2D eigenvalue weighted by molar-refractivity contribution is 0.0333. The third-order valence-corrected chi connectivity index (χ3v) is 5.22. The highest BCUT2D eigenvalue weighted by atomic mass is 16.3. The summed E-state index contributed by atoms with van der Waals surface area (Å²) < 4.78 is 1.25. The first-order valence-corrected chi connectivity index (χ1v) is 8.64. The van der Waals surface area contributed by atoms with Crippen LogP contribution in [0.1, 0.15) is 36.7 Å². The summed E-state index contributed by atoms with van der Waals surface area (Å²) >= 11 is 0. The molecular weight excluding hydrogens is 318 g/mol. The Kier molecular flexibility index (Phi) is 4.99. The highest BCUT2D eigenvalue weighted by Gasteiger charge is 2.34. The summed E-state index contributed by atoms with van der Waals surface area (Å²) in [5, 5.41) is 13.9. The second kappa shape index (κ2) is 7.19. The summed E-state index contributed by atoms with van der Waals surface area (Å²) in [5.41, 5.74) is 0.543. The molecule has 0 radical (unpaired) electrons. The van der Waals surface area contributed by atoms with Gasteiger partial charge in [-0.3, -0.25) is 9.59 Å². The molecule has 132 valence electrons. The van der Waals surface area contributed by atoms with Gasteiger partial charge in [-0.2, -0.15) is 9.78 Å². The lowest BCUT2D eigenvalue weighted by Crippen LogP contribution is -2.45. The molecular formula is C19H23N3O3. The van der Waals surface area contributed by atoms with E-state index in [2.05, 4.69) is 12.0 Å². The summed E-state index contributed by atoms with van der Waals surface area (Å²) in [6.45, 7) is 3.42. The van der Waals surface area contributed by atoms with E-state index in [1.54, 1.807) is 17.0 Å². The van der Waals surface area contributed by atoms with Crippen LogP contribution in [-0.4, -0.2) is 45.4 Å². The zero-order chi connectivity index (χ0) is 17.9. The Morgan fingerprint density at radius 1 is 1.16 bits per heavy atom. The summed E-state index contributed by atoms with van der Waals surface area (Å²) in [6, 6.07) is 11.9. The summed E-state index contributed by atoms with van der Waals surface area (Å²) in [6.07, 6.45) is 2.47. The summed E-state index contributed by atoms with van der Waals surface area (Å²) in [4.78, 5) is 26.6. The van der Waals surface area contributed by atoms with E-state index < -0.39 is 0 Å². The fourth-order valence-electron chi connectivity index (χ4n) is 3.25. The minimum Gasteiger partial charge on any atom is -0.396 e. The molecule has 1 aromatic carbocycles. The predicted octanol–water partition coefficient (Wildman–Crippen LogP) is 1.86. The number of rotatable bonds is 4. The molecule has 1 saturated heterocycles. The van der Waals surface area contributed by atoms with Crippen molar-refractivity contribution in [2.24, 2.45) is 5.41 Å². The molecule has 0 aliphatic carbocycles. The van der Waals surface area contributed by atoms with Crippen molar-refractivity contribution < 1.29 is 9.90 Å². The van der Waals surface area contributed by atoms with Crippen LogP contribution in [0.3, 0.4) is 0 Å². The number of aliphatic hydroxyl groups excluding tert-OH is 1. The minimum absolute atomic E-state index is 0.0764. The maximum absolute atomic E-state index is 12.8. The van der Waals surface area contributed by atoms with E-state index in [0.717, 1.165) is 19.3 Å². The van der Waals surface area contributed by atoms with Crippen molar-refractivity contribution in [2.75, 3.05) is 19.7 Å². The molecule has 6 heteroatoms. The number of hydrogen-bond acceptors (Lipinski definition) is 4. The Balaban J connectivity index is 1.81. The molecule has 1 N–H and O–H groups in total. The van der Waals surface area contributed by atoms with E-state index in [-0.39, 0.29) is 29.2 Å². The van der Waals surface area contributed by atoms with Gasteiger partial charge in [0.1, 0.15) is 5.69 Å². The molecule has 25 heavy (non-hydrogen) atoms. The highest BCUT2D eigenvalue weighted by Crippen LogP contribution is 2.34. The first kappa shape index (κ1) is 17.4. The molecule has 1 amide bonds. The topological polar surface area (TPSA) is 75.4 Å². The quantitative estimate of drug-likeness (QED) is 0.921. The second-order valence-corrected chi connectivity index (χ2v) is 6.61. The number of aromatic nitrogens is 2. The summed E-state index contributed by atoms with van der Waals surface area (Å²) in [5.74, 6) is -0.174. The van der Waals surface area contributed by atoms with Crippen LogP contribution >= 0.6 is 0 Å². The smallest absolute Gasteiger partial charge is 0.274 e. The van der Waals surface area contributed by atoms with Crippen LogP contribution in [0.15, 0.2) is 47.3 Å². The number of hydrogen-bond donors (Lipinski definition) is 1. The number of carbonyl (C=O) groups excluding carboxylic acids is 1. The third kappa shape index (κ3) is 3.49. The van der Waals surface area contributed by atoms with Crippen LogP contribution in [0.5, 0.6) is 0 Å². The van der Waals surface area contributed by atoms with E-state index in [1.165, 1.54) is 16.8 Å². The normalized spacial score (nSPS) is 16.6. The van der Waals surface area contributed by atoms with Gasteiger partial charge in [0, 0.05) is 25.8 Å². The molecule has 1 aliphatic heterocycles. The first-order valence-electron chi connectivity index (χ1n) is 8.64. The molecule has 1 aromatic heterocycles. The third-order valence-electron chi connectivity index (χ3n) is 5.22. The van der Waals surface area contributed by atoms with Gasteiger partial charge in [0.25, 0.3) is 11.5 Å². The van der Waals surface area contributed by atoms with Crippen molar-refractivity contribution in [3.05, 3.63) is 58.5 Å². The number of benzene rings is 1. The van der Waals surface area contributed by atoms with E-state index in [9.17, 15) is 14.7 Å². The Bertz CT molecular complexity index is 787. The van der Waals surface area contributed by atoms with E-state index >= 15 is 0 Å². The maximum Gasteiger partial charge on any atom is 0.274 e. The number of likely N-dealkylation sites (tertiary alicyclic amines) is 1. The number of aliphatic hydroxyl groups is 1. The molecule has 0 atom stereocenters. The van der Waals surface area contributed by atoms with Gasteiger partial charge in [-0.15, -0.1) is 0 Å². The monoisotopic (exact) mass is 341 g/mol. The number of piperidine rings is 1. The Morgan fingerprint density at radius 3 is 2.44 bits per heavy atom. The standard InChI is InChI=1S/C19H23N3O3/c1-2-19(14-23)10-12-21(13-11-19)18(25)16-8-9-17(24)22(20-16)15-6-4-3-5-7-15/h3-9,23H,2,10-14H2,1H3. The number of carbonyl (C=O) groups is 1. The minimum atomic E-state index is -0.272. The Labute approximate surface area is 146 Å². The largest absolute Gasteiger partial charge is 0.396 e. The summed E-state index contributed by atoms with van der Waals surface area (Å²) in [7, 11) is 0. The maximum atomic E-state index is 12.8. The van der Waals surface area contributed by atoms with E-state index in [0.29, 0.717) is 18.8 Å². The second-order valence-electron chi connectivity index (χ2n) is 6.61. The SMILES string of the molecule is CCC1(CO)CCN(C(=O)c2ccc(=O)n(-c3ccccc3)n2)CC1. The molecule has 1 fully saturated rings. The number of amides is 1. The highest BCUT2D eigenvalue weighted by molar-refractivity contribution is 5.92. The number of para-hydroxylation sites is 1. The molecule has 2 heterocycles. The lowest BCUT2D eigenvalue weighted by Gasteiger charge is -2.40. The molecule has 0 unspecified atom stereocenters. The molecule has 1 aliphatic rings. The van der Waals surface area contributed by atoms with Gasteiger partial charge in [-0.1, -0.05) is 25.1 Å². The van der Waals surface area contributed by atoms with Gasteiger partial charge >= 0.3 is 0 Å². The van der Waals surface area contributed by atoms with Crippen molar-refractivity contribution in [2.45, 2.75) is 26.2 Å². The average molecular weight is 341 g/mol. The molecule has 2 aromatic rings. The fourth-order valence-corrected chi connectivity index (χ4v) is 3.25. The van der Waals surface area contributed by atoms with Gasteiger partial charge in [0.2, 0.25) is 0 Å². The van der Waals surface area contributed by atoms with Gasteiger partial charge in [-0.25, -0.2) is 0 Å². The molecule has 0 spiro atoms. The molecule has 3 rings (SSSR count). The van der Waals surface area contributed by atoms with Gasteiger partial charge in [-0.05, 0) is 42.9 Å². The van der Waals surface area contributed by atoms with Gasteiger partial charge < -0.3 is 10.0 Å². The lowest BCUT2D eigenvalue weighted by atomic mass is 9.77. The van der Waals surface area contributed by atoms with E-state index in [4.69, 9.17) is 0 Å². The van der Waals surface area contributed by atoms with Gasteiger partial charge in [0.05, 0.1) is 5.69 Å². The van der Waals surface area contributed by atoms with Crippen molar-refractivity contribution in [1.29, 1.82) is 0 Å². The fraction of sp³-hybridized carbons (Fsp3) is 0.421.